The number of hydrogen-bond acceptors (Lipinski definition) is 5. The highest BCUT2D eigenvalue weighted by Gasteiger charge is 2.23. The molecule has 0 radical (unpaired) electrons. The fourth-order valence-electron chi connectivity index (χ4n) is 2.36. The van der Waals surface area contributed by atoms with Crippen LogP contribution in [-0.4, -0.2) is 42.0 Å². The first-order valence-corrected chi connectivity index (χ1v) is 7.89. The van der Waals surface area contributed by atoms with E-state index in [4.69, 9.17) is 11.5 Å². The topological polar surface area (TPSA) is 97.1 Å². The molecule has 1 aromatic rings. The van der Waals surface area contributed by atoms with E-state index in [1.165, 1.54) is 0 Å². The fourth-order valence-corrected chi connectivity index (χ4v) is 2.99. The number of nitrogens with two attached hydrogens (primary N) is 2. The first-order valence-electron chi connectivity index (χ1n) is 7.01. The van der Waals surface area contributed by atoms with Crippen molar-refractivity contribution in [2.45, 2.75) is 19.8 Å². The summed E-state index contributed by atoms with van der Waals surface area (Å²) in [6.45, 7) is 3.52. The first-order chi connectivity index (χ1) is 10.1. The molecule has 0 unspecified atom stereocenters. The maximum absolute atomic E-state index is 11.5. The van der Waals surface area contributed by atoms with Crippen molar-refractivity contribution < 1.29 is 4.79 Å². The maximum Gasteiger partial charge on any atom is 0.236 e. The Morgan fingerprint density at radius 2 is 2.14 bits per heavy atom. The molecule has 114 valence electrons. The second kappa shape index (κ2) is 7.33. The normalized spacial score (nSPS) is 18.1. The van der Waals surface area contributed by atoms with E-state index in [9.17, 15) is 4.79 Å². The Hall–Kier alpha value is -1.73. The second-order valence-electron chi connectivity index (χ2n) is 5.06. The van der Waals surface area contributed by atoms with Crippen LogP contribution >= 0.6 is 11.3 Å². The number of likely N-dealkylation sites (tertiary alicyclic amines) is 1. The Morgan fingerprint density at radius 3 is 2.71 bits per heavy atom. The van der Waals surface area contributed by atoms with Crippen LogP contribution in [0.25, 0.3) is 0 Å². The number of piperidine rings is 1. The van der Waals surface area contributed by atoms with Crippen molar-refractivity contribution >= 4 is 28.8 Å². The molecule has 4 N–H and O–H groups in total. The molecule has 1 aliphatic rings. The SMILES string of the molecule is C/C(=N\N=C(/N)c1cccs1)C1CCN(C(=O)CN)CC1. The molecule has 7 heteroatoms. The molecular formula is C14H21N5OS. The zero-order valence-corrected chi connectivity index (χ0v) is 13.0. The molecule has 0 aromatic carbocycles. The lowest BCUT2D eigenvalue weighted by atomic mass is 9.93. The van der Waals surface area contributed by atoms with E-state index >= 15 is 0 Å². The van der Waals surface area contributed by atoms with Gasteiger partial charge in [-0.1, -0.05) is 6.07 Å². The van der Waals surface area contributed by atoms with Gasteiger partial charge in [0.05, 0.1) is 11.4 Å². The molecule has 1 aromatic heterocycles. The number of amides is 1. The van der Waals surface area contributed by atoms with Gasteiger partial charge in [0.25, 0.3) is 0 Å². The van der Waals surface area contributed by atoms with Gasteiger partial charge in [0.1, 0.15) is 0 Å². The van der Waals surface area contributed by atoms with Crippen molar-refractivity contribution in [3.05, 3.63) is 22.4 Å². The minimum absolute atomic E-state index is 0.0167. The van der Waals surface area contributed by atoms with Crippen LogP contribution in [-0.2, 0) is 4.79 Å². The van der Waals surface area contributed by atoms with Crippen molar-refractivity contribution in [3.8, 4) is 0 Å². The lowest BCUT2D eigenvalue weighted by Gasteiger charge is -2.31. The molecular weight excluding hydrogens is 286 g/mol. The highest BCUT2D eigenvalue weighted by atomic mass is 32.1. The third-order valence-electron chi connectivity index (χ3n) is 3.70. The summed E-state index contributed by atoms with van der Waals surface area (Å²) in [5.41, 5.74) is 12.2. The van der Waals surface area contributed by atoms with Gasteiger partial charge in [0, 0.05) is 24.7 Å². The third-order valence-corrected chi connectivity index (χ3v) is 4.59. The smallest absolute Gasteiger partial charge is 0.236 e. The Balaban J connectivity index is 1.92. The Bertz CT molecular complexity index is 530. The van der Waals surface area contributed by atoms with Crippen LogP contribution in [0.5, 0.6) is 0 Å². The number of carbonyl (C=O) groups is 1. The summed E-state index contributed by atoms with van der Waals surface area (Å²) in [4.78, 5) is 14.3. The van der Waals surface area contributed by atoms with Crippen molar-refractivity contribution in [2.75, 3.05) is 19.6 Å². The average molecular weight is 307 g/mol. The molecule has 1 saturated heterocycles. The third kappa shape index (κ3) is 4.12. The van der Waals surface area contributed by atoms with Gasteiger partial charge in [-0.05, 0) is 31.2 Å². The Labute approximate surface area is 128 Å². The van der Waals surface area contributed by atoms with Gasteiger partial charge in [-0.25, -0.2) is 0 Å². The van der Waals surface area contributed by atoms with E-state index in [2.05, 4.69) is 10.2 Å². The average Bonchev–Trinajstić information content (AvgIpc) is 3.06. The molecule has 21 heavy (non-hydrogen) atoms. The molecule has 2 heterocycles. The van der Waals surface area contributed by atoms with Crippen molar-refractivity contribution in [1.29, 1.82) is 0 Å². The molecule has 0 aliphatic carbocycles. The maximum atomic E-state index is 11.5. The van der Waals surface area contributed by atoms with Crippen molar-refractivity contribution in [1.82, 2.24) is 4.90 Å². The summed E-state index contributed by atoms with van der Waals surface area (Å²) in [6, 6.07) is 3.86. The molecule has 6 nitrogen and oxygen atoms in total. The van der Waals surface area contributed by atoms with Crippen LogP contribution in [0.1, 0.15) is 24.6 Å². The molecule has 0 bridgehead atoms. The quantitative estimate of drug-likeness (QED) is 0.494. The highest BCUT2D eigenvalue weighted by molar-refractivity contribution is 7.12. The summed E-state index contributed by atoms with van der Waals surface area (Å²) in [7, 11) is 0. The monoisotopic (exact) mass is 307 g/mol. The van der Waals surface area contributed by atoms with Crippen LogP contribution in [0.4, 0.5) is 0 Å². The molecule has 0 spiro atoms. The fraction of sp³-hybridized carbons (Fsp3) is 0.500. The van der Waals surface area contributed by atoms with Gasteiger partial charge < -0.3 is 16.4 Å². The largest absolute Gasteiger partial charge is 0.381 e. The van der Waals surface area contributed by atoms with Crippen LogP contribution in [0.15, 0.2) is 27.7 Å². The standard InChI is InChI=1S/C14H21N5OS/c1-10(17-18-14(16)12-3-2-8-21-12)11-4-6-19(7-5-11)13(20)9-15/h2-3,8,11H,4-7,9,15H2,1H3,(H2,16,18)/b17-10+. The first kappa shape index (κ1) is 15.7. The van der Waals surface area contributed by atoms with Gasteiger partial charge in [0.2, 0.25) is 5.91 Å². The second-order valence-corrected chi connectivity index (χ2v) is 6.01. The van der Waals surface area contributed by atoms with Crippen LogP contribution in [0.3, 0.4) is 0 Å². The van der Waals surface area contributed by atoms with Gasteiger partial charge in [-0.2, -0.15) is 5.10 Å². The molecule has 0 atom stereocenters. The van der Waals surface area contributed by atoms with E-state index in [-0.39, 0.29) is 12.5 Å². The van der Waals surface area contributed by atoms with Gasteiger partial charge in [-0.3, -0.25) is 4.79 Å². The number of amidine groups is 1. The number of hydrogen-bond donors (Lipinski definition) is 2. The number of rotatable bonds is 4. The summed E-state index contributed by atoms with van der Waals surface area (Å²) in [5, 5.41) is 10.3. The zero-order valence-electron chi connectivity index (χ0n) is 12.2. The van der Waals surface area contributed by atoms with Crippen LogP contribution < -0.4 is 11.5 Å². The lowest BCUT2D eigenvalue weighted by Crippen LogP contribution is -2.42. The van der Waals surface area contributed by atoms with E-state index < -0.39 is 0 Å². The molecule has 1 aliphatic heterocycles. The van der Waals surface area contributed by atoms with Gasteiger partial charge in [0.15, 0.2) is 5.84 Å². The van der Waals surface area contributed by atoms with Crippen molar-refractivity contribution in [3.63, 3.8) is 0 Å². The van der Waals surface area contributed by atoms with Crippen LogP contribution in [0.2, 0.25) is 0 Å². The zero-order chi connectivity index (χ0) is 15.2. The Morgan fingerprint density at radius 1 is 1.43 bits per heavy atom. The van der Waals surface area contributed by atoms with Crippen molar-refractivity contribution in [2.24, 2.45) is 27.6 Å². The molecule has 1 amide bonds. The number of nitrogens with zero attached hydrogens (tertiary/aromatic N) is 3. The van der Waals surface area contributed by atoms with Crippen LogP contribution in [0, 0.1) is 5.92 Å². The predicted octanol–water partition coefficient (Wildman–Crippen LogP) is 1.03. The molecule has 1 fully saturated rings. The Kier molecular flexibility index (Phi) is 5.46. The minimum atomic E-state index is 0.0167. The summed E-state index contributed by atoms with van der Waals surface area (Å²) in [6.07, 6.45) is 1.80. The van der Waals surface area contributed by atoms with Gasteiger partial charge in [-0.15, -0.1) is 16.4 Å². The van der Waals surface area contributed by atoms with E-state index in [1.807, 2.05) is 29.3 Å². The minimum Gasteiger partial charge on any atom is -0.381 e. The highest BCUT2D eigenvalue weighted by Crippen LogP contribution is 2.19. The number of carbonyl (C=O) groups excluding carboxylic acids is 1. The van der Waals surface area contributed by atoms with E-state index in [1.54, 1.807) is 11.3 Å². The predicted molar refractivity (Wildman–Crippen MR) is 86.5 cm³/mol. The molecule has 0 saturated carbocycles. The number of thiophene rings is 1. The van der Waals surface area contributed by atoms with Gasteiger partial charge >= 0.3 is 0 Å². The van der Waals surface area contributed by atoms with E-state index in [0.29, 0.717) is 11.8 Å². The molecule has 2 rings (SSSR count). The summed E-state index contributed by atoms with van der Waals surface area (Å²) in [5.74, 6) is 0.815. The summed E-state index contributed by atoms with van der Waals surface area (Å²) >= 11 is 1.54. The van der Waals surface area contributed by atoms with E-state index in [0.717, 1.165) is 36.5 Å². The summed E-state index contributed by atoms with van der Waals surface area (Å²) < 4.78 is 0. The lowest BCUT2D eigenvalue weighted by molar-refractivity contribution is -0.130.